The van der Waals surface area contributed by atoms with Crippen molar-refractivity contribution in [1.29, 1.82) is 0 Å². The van der Waals surface area contributed by atoms with Gasteiger partial charge in [0, 0.05) is 37.8 Å². The Hall–Kier alpha value is -4.21. The molecule has 1 heterocycles. The maximum Gasteiger partial charge on any atom is 0.255 e. The normalized spacial score (nSPS) is 15.9. The van der Waals surface area contributed by atoms with Crippen LogP contribution < -0.4 is 20.7 Å². The van der Waals surface area contributed by atoms with Crippen molar-refractivity contribution in [2.24, 2.45) is 0 Å². The molecule has 3 aromatic rings. The third-order valence-electron chi connectivity index (χ3n) is 7.46. The van der Waals surface area contributed by atoms with Crippen molar-refractivity contribution in [2.75, 3.05) is 50.1 Å². The van der Waals surface area contributed by atoms with E-state index in [2.05, 4.69) is 20.9 Å². The number of hydrogen-bond donors (Lipinski definition) is 3. The van der Waals surface area contributed by atoms with Crippen molar-refractivity contribution >= 4 is 29.1 Å². The van der Waals surface area contributed by atoms with Gasteiger partial charge in [-0.25, -0.2) is 0 Å². The molecular weight excluding hydrogens is 520 g/mol. The maximum atomic E-state index is 13.5. The van der Waals surface area contributed by atoms with Crippen LogP contribution in [0.25, 0.3) is 11.1 Å². The van der Waals surface area contributed by atoms with E-state index in [0.29, 0.717) is 68.6 Å². The van der Waals surface area contributed by atoms with Crippen LogP contribution in [0.5, 0.6) is 5.75 Å². The van der Waals surface area contributed by atoms with E-state index in [1.54, 1.807) is 18.2 Å². The fourth-order valence-electron chi connectivity index (χ4n) is 5.03. The molecule has 5 rings (SSSR count). The number of nitrogens with one attached hydrogen (secondary N) is 3. The third-order valence-corrected chi connectivity index (χ3v) is 7.46. The summed E-state index contributed by atoms with van der Waals surface area (Å²) in [4.78, 5) is 40.1. The Kier molecular flexibility index (Phi) is 8.96. The molecule has 214 valence electrons. The van der Waals surface area contributed by atoms with Crippen molar-refractivity contribution in [2.45, 2.75) is 31.7 Å². The molecule has 3 N–H and O–H groups in total. The first-order valence-electron chi connectivity index (χ1n) is 14.1. The molecule has 1 saturated carbocycles. The lowest BCUT2D eigenvalue weighted by molar-refractivity contribution is -0.125. The standard InChI is InChI=1S/C32H36N4O5/c1-23(37)33-16-5-19-41-29-13-10-26(22-28(29)35-31(39)32(14-15-32)36-17-20-40-21-18-36)30(38)34-27-11-8-25(9-12-27)24-6-3-2-4-7-24/h2-4,6-13,22H,5,14-21H2,1H3,(H,33,37)(H,34,38)(H,35,39). The summed E-state index contributed by atoms with van der Waals surface area (Å²) < 4.78 is 11.4. The lowest BCUT2D eigenvalue weighted by atomic mass is 10.1. The Balaban J connectivity index is 1.30. The highest BCUT2D eigenvalue weighted by atomic mass is 16.5. The molecule has 2 fully saturated rings. The van der Waals surface area contributed by atoms with Gasteiger partial charge in [-0.3, -0.25) is 19.3 Å². The van der Waals surface area contributed by atoms with Gasteiger partial charge in [-0.15, -0.1) is 0 Å². The molecule has 0 aromatic heterocycles. The van der Waals surface area contributed by atoms with E-state index in [9.17, 15) is 14.4 Å². The van der Waals surface area contributed by atoms with Gasteiger partial charge in [0.15, 0.2) is 0 Å². The minimum Gasteiger partial charge on any atom is -0.491 e. The van der Waals surface area contributed by atoms with E-state index in [-0.39, 0.29) is 17.7 Å². The van der Waals surface area contributed by atoms with Crippen LogP contribution in [0.4, 0.5) is 11.4 Å². The van der Waals surface area contributed by atoms with Crippen LogP contribution in [0, 0.1) is 0 Å². The van der Waals surface area contributed by atoms with Crippen LogP contribution in [0.15, 0.2) is 72.8 Å². The largest absolute Gasteiger partial charge is 0.491 e. The number of carbonyl (C=O) groups excluding carboxylic acids is 3. The maximum absolute atomic E-state index is 13.5. The van der Waals surface area contributed by atoms with E-state index >= 15 is 0 Å². The molecule has 1 saturated heterocycles. The van der Waals surface area contributed by atoms with Crippen LogP contribution in [-0.2, 0) is 14.3 Å². The second-order valence-corrected chi connectivity index (χ2v) is 10.4. The number of benzene rings is 3. The molecule has 41 heavy (non-hydrogen) atoms. The number of carbonyl (C=O) groups is 3. The molecule has 0 radical (unpaired) electrons. The highest BCUT2D eigenvalue weighted by Gasteiger charge is 2.54. The number of amides is 3. The second-order valence-electron chi connectivity index (χ2n) is 10.4. The molecule has 1 aliphatic carbocycles. The summed E-state index contributed by atoms with van der Waals surface area (Å²) in [7, 11) is 0. The molecule has 0 bridgehead atoms. The predicted octanol–water partition coefficient (Wildman–Crippen LogP) is 4.31. The molecule has 3 amide bonds. The molecular formula is C32H36N4O5. The van der Waals surface area contributed by atoms with Crippen LogP contribution in [-0.4, -0.2) is 67.6 Å². The summed E-state index contributed by atoms with van der Waals surface area (Å²) in [6.07, 6.45) is 2.17. The average Bonchev–Trinajstić information content (AvgIpc) is 3.81. The van der Waals surface area contributed by atoms with E-state index in [0.717, 1.165) is 24.0 Å². The molecule has 0 unspecified atom stereocenters. The lowest BCUT2D eigenvalue weighted by Gasteiger charge is -2.34. The molecule has 3 aromatic carbocycles. The average molecular weight is 557 g/mol. The minimum absolute atomic E-state index is 0.0964. The fraction of sp³-hybridized carbons (Fsp3) is 0.344. The Morgan fingerprint density at radius 3 is 2.29 bits per heavy atom. The van der Waals surface area contributed by atoms with Crippen molar-refractivity contribution in [3.63, 3.8) is 0 Å². The molecule has 1 aliphatic heterocycles. The summed E-state index contributed by atoms with van der Waals surface area (Å²) in [6, 6.07) is 22.8. The van der Waals surface area contributed by atoms with Gasteiger partial charge in [-0.05, 0) is 60.7 Å². The minimum atomic E-state index is -0.550. The Morgan fingerprint density at radius 1 is 0.902 bits per heavy atom. The van der Waals surface area contributed by atoms with E-state index in [4.69, 9.17) is 9.47 Å². The van der Waals surface area contributed by atoms with Crippen molar-refractivity contribution in [3.05, 3.63) is 78.4 Å². The number of rotatable bonds is 11. The fourth-order valence-corrected chi connectivity index (χ4v) is 5.03. The third kappa shape index (κ3) is 7.11. The van der Waals surface area contributed by atoms with Gasteiger partial charge in [0.25, 0.3) is 5.91 Å². The highest BCUT2D eigenvalue weighted by Crippen LogP contribution is 2.43. The lowest BCUT2D eigenvalue weighted by Crippen LogP contribution is -2.51. The molecule has 0 spiro atoms. The second kappa shape index (κ2) is 13.0. The highest BCUT2D eigenvalue weighted by molar-refractivity contribution is 6.07. The number of morpholine rings is 1. The molecule has 9 nitrogen and oxygen atoms in total. The summed E-state index contributed by atoms with van der Waals surface area (Å²) in [5.41, 5.74) is 3.12. The topological polar surface area (TPSA) is 109 Å². The Morgan fingerprint density at radius 2 is 1.61 bits per heavy atom. The number of hydrogen-bond acceptors (Lipinski definition) is 6. The molecule has 2 aliphatic rings. The number of ether oxygens (including phenoxy) is 2. The SMILES string of the molecule is CC(=O)NCCCOc1ccc(C(=O)Nc2ccc(-c3ccccc3)cc2)cc1NC(=O)C1(N2CCOCC2)CC1. The van der Waals surface area contributed by atoms with Gasteiger partial charge in [0.2, 0.25) is 11.8 Å². The quantitative estimate of drug-likeness (QED) is 0.304. The van der Waals surface area contributed by atoms with Gasteiger partial charge in [-0.1, -0.05) is 42.5 Å². The van der Waals surface area contributed by atoms with Gasteiger partial charge in [-0.2, -0.15) is 0 Å². The summed E-state index contributed by atoms with van der Waals surface area (Å²) in [5.74, 6) is -0.0142. The van der Waals surface area contributed by atoms with Crippen LogP contribution in [0.1, 0.15) is 36.5 Å². The summed E-state index contributed by atoms with van der Waals surface area (Å²) in [6.45, 7) is 4.95. The Bertz CT molecular complexity index is 1370. The summed E-state index contributed by atoms with van der Waals surface area (Å²) >= 11 is 0. The Labute approximate surface area is 240 Å². The van der Waals surface area contributed by atoms with Crippen LogP contribution in [0.2, 0.25) is 0 Å². The zero-order valence-electron chi connectivity index (χ0n) is 23.3. The number of anilines is 2. The molecule has 0 atom stereocenters. The van der Waals surface area contributed by atoms with Gasteiger partial charge >= 0.3 is 0 Å². The van der Waals surface area contributed by atoms with Crippen molar-refractivity contribution in [3.8, 4) is 16.9 Å². The monoisotopic (exact) mass is 556 g/mol. The van der Waals surface area contributed by atoms with E-state index < -0.39 is 5.54 Å². The van der Waals surface area contributed by atoms with Crippen LogP contribution in [0.3, 0.4) is 0 Å². The van der Waals surface area contributed by atoms with Gasteiger partial charge in [0.05, 0.1) is 25.5 Å². The van der Waals surface area contributed by atoms with E-state index in [1.165, 1.54) is 6.92 Å². The number of nitrogens with zero attached hydrogens (tertiary/aromatic N) is 1. The predicted molar refractivity (Wildman–Crippen MR) is 158 cm³/mol. The zero-order valence-corrected chi connectivity index (χ0v) is 23.3. The van der Waals surface area contributed by atoms with Crippen LogP contribution >= 0.6 is 0 Å². The van der Waals surface area contributed by atoms with Gasteiger partial charge in [0.1, 0.15) is 11.3 Å². The van der Waals surface area contributed by atoms with Crippen molar-refractivity contribution in [1.82, 2.24) is 10.2 Å². The summed E-state index contributed by atoms with van der Waals surface area (Å²) in [5, 5.41) is 8.75. The first-order valence-corrected chi connectivity index (χ1v) is 14.1. The zero-order chi connectivity index (χ0) is 28.7. The smallest absolute Gasteiger partial charge is 0.255 e. The van der Waals surface area contributed by atoms with E-state index in [1.807, 2.05) is 54.6 Å². The van der Waals surface area contributed by atoms with Gasteiger partial charge < -0.3 is 25.4 Å². The first-order chi connectivity index (χ1) is 19.9. The molecule has 9 heteroatoms. The first kappa shape index (κ1) is 28.3. The van der Waals surface area contributed by atoms with Crippen molar-refractivity contribution < 1.29 is 23.9 Å².